The molecule has 2 unspecified atom stereocenters. The Bertz CT molecular complexity index is 233. The Balaban J connectivity index is 4.63. The number of carbonyl (C=O) groups is 1. The second-order valence-corrected chi connectivity index (χ2v) is 4.88. The largest absolute Gasteiger partial charge is 0.468 e. The van der Waals surface area contributed by atoms with Gasteiger partial charge >= 0.3 is 5.97 Å². The third kappa shape index (κ3) is 5.04. The van der Waals surface area contributed by atoms with Gasteiger partial charge in [0.2, 0.25) is 0 Å². The lowest BCUT2D eigenvalue weighted by Crippen LogP contribution is -2.53. The fraction of sp³-hybridized carbons (Fsp3) is 0.923. The lowest BCUT2D eigenvalue weighted by atomic mass is 9.92. The molecule has 102 valence electrons. The van der Waals surface area contributed by atoms with E-state index in [0.717, 1.165) is 25.9 Å². The molecule has 0 aliphatic rings. The zero-order chi connectivity index (χ0) is 13.5. The predicted octanol–water partition coefficient (Wildman–Crippen LogP) is 1.65. The standard InChI is InChI=1S/C13H28N2O2/c1-7-9-14-13(4,12(16)17-6)10-11(3)15(5)8-2/h11,14H,7-10H2,1-6H3. The van der Waals surface area contributed by atoms with Gasteiger partial charge in [0.1, 0.15) is 5.54 Å². The summed E-state index contributed by atoms with van der Waals surface area (Å²) in [4.78, 5) is 14.1. The minimum atomic E-state index is -0.590. The molecule has 4 nitrogen and oxygen atoms in total. The SMILES string of the molecule is CCCNC(C)(CC(C)N(C)CC)C(=O)OC. The lowest BCUT2D eigenvalue weighted by molar-refractivity contribution is -0.148. The van der Waals surface area contributed by atoms with Crippen molar-refractivity contribution in [2.24, 2.45) is 0 Å². The second-order valence-electron chi connectivity index (χ2n) is 4.88. The molecule has 4 heteroatoms. The van der Waals surface area contributed by atoms with E-state index in [2.05, 4.69) is 38.0 Å². The fourth-order valence-electron chi connectivity index (χ4n) is 1.91. The van der Waals surface area contributed by atoms with Crippen molar-refractivity contribution in [1.29, 1.82) is 0 Å². The van der Waals surface area contributed by atoms with Gasteiger partial charge in [0.05, 0.1) is 7.11 Å². The highest BCUT2D eigenvalue weighted by atomic mass is 16.5. The molecule has 0 rings (SSSR count). The van der Waals surface area contributed by atoms with Crippen LogP contribution in [-0.4, -0.2) is 49.7 Å². The lowest BCUT2D eigenvalue weighted by Gasteiger charge is -2.34. The Kier molecular flexibility index (Phi) is 7.39. The van der Waals surface area contributed by atoms with E-state index in [-0.39, 0.29) is 5.97 Å². The van der Waals surface area contributed by atoms with Gasteiger partial charge in [0.15, 0.2) is 0 Å². The molecular formula is C13H28N2O2. The molecule has 17 heavy (non-hydrogen) atoms. The number of rotatable bonds is 8. The number of hydrogen-bond donors (Lipinski definition) is 1. The maximum Gasteiger partial charge on any atom is 0.325 e. The molecule has 0 heterocycles. The van der Waals surface area contributed by atoms with Gasteiger partial charge in [-0.3, -0.25) is 4.79 Å². The number of carbonyl (C=O) groups excluding carboxylic acids is 1. The van der Waals surface area contributed by atoms with Crippen LogP contribution in [0.25, 0.3) is 0 Å². The molecule has 0 aromatic heterocycles. The first-order valence-electron chi connectivity index (χ1n) is 6.45. The molecule has 0 amide bonds. The zero-order valence-electron chi connectivity index (χ0n) is 12.2. The average molecular weight is 244 g/mol. The summed E-state index contributed by atoms with van der Waals surface area (Å²) in [6.07, 6.45) is 1.76. The summed E-state index contributed by atoms with van der Waals surface area (Å²) >= 11 is 0. The summed E-state index contributed by atoms with van der Waals surface area (Å²) in [5.41, 5.74) is -0.590. The minimum absolute atomic E-state index is 0.178. The first kappa shape index (κ1) is 16.4. The average Bonchev–Trinajstić information content (AvgIpc) is 2.33. The Morgan fingerprint density at radius 2 is 2.06 bits per heavy atom. The van der Waals surface area contributed by atoms with Gasteiger partial charge in [0, 0.05) is 6.04 Å². The second kappa shape index (κ2) is 7.67. The van der Waals surface area contributed by atoms with Crippen LogP contribution in [0.3, 0.4) is 0 Å². The van der Waals surface area contributed by atoms with Crippen LogP contribution in [0, 0.1) is 0 Å². The third-order valence-corrected chi connectivity index (χ3v) is 3.36. The van der Waals surface area contributed by atoms with Crippen LogP contribution in [0.2, 0.25) is 0 Å². The Hall–Kier alpha value is -0.610. The summed E-state index contributed by atoms with van der Waals surface area (Å²) in [6, 6.07) is 0.341. The molecule has 1 N–H and O–H groups in total. The highest BCUT2D eigenvalue weighted by Gasteiger charge is 2.35. The zero-order valence-corrected chi connectivity index (χ0v) is 12.2. The van der Waals surface area contributed by atoms with Crippen LogP contribution >= 0.6 is 0 Å². The highest BCUT2D eigenvalue weighted by Crippen LogP contribution is 2.17. The first-order chi connectivity index (χ1) is 7.91. The Labute approximate surface area is 106 Å². The number of esters is 1. The summed E-state index contributed by atoms with van der Waals surface area (Å²) in [5.74, 6) is -0.178. The molecule has 0 aromatic carbocycles. The van der Waals surface area contributed by atoms with Crippen molar-refractivity contribution >= 4 is 5.97 Å². The van der Waals surface area contributed by atoms with Gasteiger partial charge in [0.25, 0.3) is 0 Å². The van der Waals surface area contributed by atoms with E-state index in [0.29, 0.717) is 6.04 Å². The number of ether oxygens (including phenoxy) is 1. The Morgan fingerprint density at radius 1 is 1.47 bits per heavy atom. The van der Waals surface area contributed by atoms with Gasteiger partial charge in [-0.05, 0) is 46.8 Å². The van der Waals surface area contributed by atoms with Gasteiger partial charge < -0.3 is 15.0 Å². The van der Waals surface area contributed by atoms with Crippen LogP contribution < -0.4 is 5.32 Å². The van der Waals surface area contributed by atoms with Gasteiger partial charge in [-0.15, -0.1) is 0 Å². The molecule has 0 aliphatic carbocycles. The highest BCUT2D eigenvalue weighted by molar-refractivity contribution is 5.80. The van der Waals surface area contributed by atoms with Crippen LogP contribution in [0.5, 0.6) is 0 Å². The molecular weight excluding hydrogens is 216 g/mol. The van der Waals surface area contributed by atoms with Crippen molar-refractivity contribution in [3.63, 3.8) is 0 Å². The summed E-state index contributed by atoms with van der Waals surface area (Å²) < 4.78 is 4.91. The van der Waals surface area contributed by atoms with Crippen molar-refractivity contribution in [3.05, 3.63) is 0 Å². The molecule has 0 aromatic rings. The predicted molar refractivity (Wildman–Crippen MR) is 71.1 cm³/mol. The van der Waals surface area contributed by atoms with Gasteiger partial charge in [-0.1, -0.05) is 13.8 Å². The maximum absolute atomic E-state index is 11.9. The normalized spacial score (nSPS) is 16.6. The van der Waals surface area contributed by atoms with Crippen molar-refractivity contribution < 1.29 is 9.53 Å². The van der Waals surface area contributed by atoms with Crippen molar-refractivity contribution in [3.8, 4) is 0 Å². The number of methoxy groups -OCH3 is 1. The van der Waals surface area contributed by atoms with E-state index >= 15 is 0 Å². The van der Waals surface area contributed by atoms with E-state index in [4.69, 9.17) is 4.74 Å². The van der Waals surface area contributed by atoms with Crippen LogP contribution in [0.4, 0.5) is 0 Å². The first-order valence-corrected chi connectivity index (χ1v) is 6.45. The van der Waals surface area contributed by atoms with Crippen molar-refractivity contribution in [2.45, 2.75) is 52.1 Å². The third-order valence-electron chi connectivity index (χ3n) is 3.36. The fourth-order valence-corrected chi connectivity index (χ4v) is 1.91. The molecule has 2 atom stereocenters. The van der Waals surface area contributed by atoms with Gasteiger partial charge in [-0.2, -0.15) is 0 Å². The summed E-state index contributed by atoms with van der Waals surface area (Å²) in [7, 11) is 3.52. The van der Waals surface area contributed by atoms with Crippen molar-refractivity contribution in [2.75, 3.05) is 27.2 Å². The molecule has 0 bridgehead atoms. The van der Waals surface area contributed by atoms with Crippen LogP contribution in [0.15, 0.2) is 0 Å². The maximum atomic E-state index is 11.9. The molecule has 0 aliphatic heterocycles. The van der Waals surface area contributed by atoms with Gasteiger partial charge in [-0.25, -0.2) is 0 Å². The quantitative estimate of drug-likeness (QED) is 0.659. The van der Waals surface area contributed by atoms with E-state index in [1.165, 1.54) is 7.11 Å². The molecule has 0 radical (unpaired) electrons. The molecule has 0 spiro atoms. The van der Waals surface area contributed by atoms with Crippen molar-refractivity contribution in [1.82, 2.24) is 10.2 Å². The van der Waals surface area contributed by atoms with Crippen LogP contribution in [0.1, 0.15) is 40.5 Å². The van der Waals surface area contributed by atoms with E-state index in [9.17, 15) is 4.79 Å². The summed E-state index contributed by atoms with van der Waals surface area (Å²) in [5, 5.41) is 3.31. The molecule has 0 saturated carbocycles. The smallest absolute Gasteiger partial charge is 0.325 e. The Morgan fingerprint density at radius 3 is 2.47 bits per heavy atom. The monoisotopic (exact) mass is 244 g/mol. The molecule has 0 saturated heterocycles. The topological polar surface area (TPSA) is 41.6 Å². The molecule has 0 fully saturated rings. The van der Waals surface area contributed by atoms with Crippen LogP contribution in [-0.2, 0) is 9.53 Å². The minimum Gasteiger partial charge on any atom is -0.468 e. The summed E-state index contributed by atoms with van der Waals surface area (Å²) in [6.45, 7) is 10.1. The van der Waals surface area contributed by atoms with E-state index < -0.39 is 5.54 Å². The van der Waals surface area contributed by atoms with E-state index in [1.54, 1.807) is 0 Å². The van der Waals surface area contributed by atoms with E-state index in [1.807, 2.05) is 6.92 Å². The number of hydrogen-bond acceptors (Lipinski definition) is 4. The number of nitrogens with one attached hydrogen (secondary N) is 1. The number of nitrogens with zero attached hydrogens (tertiary/aromatic N) is 1.